The van der Waals surface area contributed by atoms with E-state index in [1.54, 1.807) is 0 Å². The average molecular weight is 404 g/mol. The van der Waals surface area contributed by atoms with Gasteiger partial charge in [-0.2, -0.15) is 0 Å². The number of aromatic nitrogens is 2. The van der Waals surface area contributed by atoms with Crippen LogP contribution >= 0.6 is 0 Å². The molecule has 0 saturated carbocycles. The Balaban J connectivity index is 1.60. The van der Waals surface area contributed by atoms with Gasteiger partial charge in [-0.05, 0) is 53.9 Å². The number of pyridine rings is 1. The van der Waals surface area contributed by atoms with E-state index in [0.29, 0.717) is 17.4 Å². The van der Waals surface area contributed by atoms with Gasteiger partial charge in [-0.25, -0.2) is 4.98 Å². The Morgan fingerprint density at radius 3 is 2.45 bits per heavy atom. The zero-order valence-corrected chi connectivity index (χ0v) is 17.3. The van der Waals surface area contributed by atoms with E-state index >= 15 is 0 Å². The number of nitrogens with zero attached hydrogens (tertiary/aromatic N) is 2. The highest BCUT2D eigenvalue weighted by Gasteiger charge is 2.18. The van der Waals surface area contributed by atoms with Crippen molar-refractivity contribution in [1.29, 1.82) is 0 Å². The van der Waals surface area contributed by atoms with Gasteiger partial charge in [0.25, 0.3) is 0 Å². The molecule has 31 heavy (non-hydrogen) atoms. The molecular formula is C27H20N2O2. The summed E-state index contributed by atoms with van der Waals surface area (Å²) in [7, 11) is 0. The van der Waals surface area contributed by atoms with E-state index in [1.807, 2.05) is 48.7 Å². The van der Waals surface area contributed by atoms with Gasteiger partial charge in [0.15, 0.2) is 16.7 Å². The van der Waals surface area contributed by atoms with Crippen LogP contribution in [0.2, 0.25) is 0 Å². The third-order valence-electron chi connectivity index (χ3n) is 5.77. The van der Waals surface area contributed by atoms with E-state index in [1.165, 1.54) is 5.56 Å². The summed E-state index contributed by atoms with van der Waals surface area (Å²) in [4.78, 5) is 9.39. The van der Waals surface area contributed by atoms with Gasteiger partial charge in [0.2, 0.25) is 5.89 Å². The zero-order chi connectivity index (χ0) is 20.9. The lowest BCUT2D eigenvalue weighted by atomic mass is 10.0. The van der Waals surface area contributed by atoms with E-state index in [9.17, 15) is 0 Å². The van der Waals surface area contributed by atoms with Crippen molar-refractivity contribution >= 4 is 33.0 Å². The molecule has 6 rings (SSSR count). The second-order valence-corrected chi connectivity index (χ2v) is 8.09. The molecule has 0 amide bonds. The summed E-state index contributed by atoms with van der Waals surface area (Å²) in [5.74, 6) is 1.03. The van der Waals surface area contributed by atoms with E-state index in [0.717, 1.165) is 44.3 Å². The molecule has 0 spiro atoms. The van der Waals surface area contributed by atoms with Gasteiger partial charge in [0.05, 0.1) is 5.69 Å². The molecule has 0 radical (unpaired) electrons. The Bertz CT molecular complexity index is 1560. The molecule has 6 aromatic rings. The smallest absolute Gasteiger partial charge is 0.227 e. The van der Waals surface area contributed by atoms with Gasteiger partial charge < -0.3 is 8.83 Å². The third kappa shape index (κ3) is 2.83. The van der Waals surface area contributed by atoms with Gasteiger partial charge >= 0.3 is 0 Å². The predicted molar refractivity (Wildman–Crippen MR) is 124 cm³/mol. The summed E-state index contributed by atoms with van der Waals surface area (Å²) in [6, 6.07) is 24.3. The van der Waals surface area contributed by atoms with Crippen LogP contribution in [-0.2, 0) is 0 Å². The molecule has 0 unspecified atom stereocenters. The first-order valence-electron chi connectivity index (χ1n) is 10.5. The summed E-state index contributed by atoms with van der Waals surface area (Å²) in [5.41, 5.74) is 7.11. The van der Waals surface area contributed by atoms with Crippen molar-refractivity contribution < 1.29 is 8.83 Å². The Labute approximate surface area is 179 Å². The maximum atomic E-state index is 6.44. The van der Waals surface area contributed by atoms with Crippen LogP contribution in [0, 0.1) is 0 Å². The number of furan rings is 1. The second kappa shape index (κ2) is 6.81. The maximum Gasteiger partial charge on any atom is 0.227 e. The minimum absolute atomic E-state index is 0.433. The molecule has 0 atom stereocenters. The highest BCUT2D eigenvalue weighted by Crippen LogP contribution is 2.39. The molecular weight excluding hydrogens is 384 g/mol. The summed E-state index contributed by atoms with van der Waals surface area (Å²) >= 11 is 0. The fourth-order valence-corrected chi connectivity index (χ4v) is 4.11. The molecule has 0 aliphatic carbocycles. The molecule has 0 aliphatic heterocycles. The van der Waals surface area contributed by atoms with Gasteiger partial charge in [0.1, 0.15) is 5.58 Å². The van der Waals surface area contributed by atoms with Crippen LogP contribution in [0.4, 0.5) is 0 Å². The number of para-hydroxylation sites is 1. The highest BCUT2D eigenvalue weighted by molar-refractivity contribution is 6.15. The summed E-state index contributed by atoms with van der Waals surface area (Å²) < 4.78 is 12.5. The Morgan fingerprint density at radius 1 is 0.774 bits per heavy atom. The number of fused-ring (bicyclic) bond motifs is 5. The molecule has 4 heteroatoms. The minimum atomic E-state index is 0.433. The Kier molecular flexibility index (Phi) is 3.93. The first-order chi connectivity index (χ1) is 15.2. The number of rotatable bonds is 3. The Hall–Kier alpha value is -3.92. The quantitative estimate of drug-likeness (QED) is 0.305. The van der Waals surface area contributed by atoms with Crippen molar-refractivity contribution in [2.24, 2.45) is 0 Å². The molecule has 3 aromatic carbocycles. The standard InChI is InChI=1S/C27H20N2O2/c1-16(2)18-13-14-28-22(15-18)21-10-6-9-19-20-11-12-23-24(26(20)31-25(19)21)29-27(30-23)17-7-4-3-5-8-17/h3-16H,1-2H3. The largest absolute Gasteiger partial charge is 0.453 e. The van der Waals surface area contributed by atoms with Crippen LogP contribution in [0.15, 0.2) is 87.8 Å². The summed E-state index contributed by atoms with van der Waals surface area (Å²) in [6.07, 6.45) is 1.87. The molecule has 0 saturated heterocycles. The molecule has 0 aliphatic rings. The summed E-state index contributed by atoms with van der Waals surface area (Å²) in [6.45, 7) is 4.37. The van der Waals surface area contributed by atoms with Crippen molar-refractivity contribution in [3.8, 4) is 22.7 Å². The normalized spacial score (nSPS) is 11.8. The van der Waals surface area contributed by atoms with Gasteiger partial charge in [-0.15, -0.1) is 0 Å². The first-order valence-corrected chi connectivity index (χ1v) is 10.5. The van der Waals surface area contributed by atoms with E-state index < -0.39 is 0 Å². The van der Waals surface area contributed by atoms with Crippen LogP contribution in [-0.4, -0.2) is 9.97 Å². The molecule has 3 aromatic heterocycles. The highest BCUT2D eigenvalue weighted by atomic mass is 16.4. The first kappa shape index (κ1) is 17.9. The minimum Gasteiger partial charge on any atom is -0.453 e. The van der Waals surface area contributed by atoms with Crippen molar-refractivity contribution in [3.05, 3.63) is 84.6 Å². The van der Waals surface area contributed by atoms with E-state index in [-0.39, 0.29) is 0 Å². The monoisotopic (exact) mass is 404 g/mol. The van der Waals surface area contributed by atoms with Crippen molar-refractivity contribution in [1.82, 2.24) is 9.97 Å². The molecule has 4 nitrogen and oxygen atoms in total. The third-order valence-corrected chi connectivity index (χ3v) is 5.77. The number of benzene rings is 3. The number of oxazole rings is 1. The number of hydrogen-bond acceptors (Lipinski definition) is 4. The molecule has 0 N–H and O–H groups in total. The van der Waals surface area contributed by atoms with Crippen molar-refractivity contribution in [3.63, 3.8) is 0 Å². The fraction of sp³-hybridized carbons (Fsp3) is 0.111. The molecule has 3 heterocycles. The Morgan fingerprint density at radius 2 is 1.61 bits per heavy atom. The predicted octanol–water partition coefficient (Wildman–Crippen LogP) is 7.58. The number of hydrogen-bond donors (Lipinski definition) is 0. The van der Waals surface area contributed by atoms with Crippen LogP contribution in [0.3, 0.4) is 0 Å². The van der Waals surface area contributed by atoms with Crippen LogP contribution in [0.1, 0.15) is 25.3 Å². The lowest BCUT2D eigenvalue weighted by Gasteiger charge is -2.07. The fourth-order valence-electron chi connectivity index (χ4n) is 4.11. The van der Waals surface area contributed by atoms with Crippen LogP contribution in [0.5, 0.6) is 0 Å². The van der Waals surface area contributed by atoms with Crippen LogP contribution in [0.25, 0.3) is 55.7 Å². The van der Waals surface area contributed by atoms with Crippen molar-refractivity contribution in [2.75, 3.05) is 0 Å². The second-order valence-electron chi connectivity index (χ2n) is 8.09. The van der Waals surface area contributed by atoms with Crippen molar-refractivity contribution in [2.45, 2.75) is 19.8 Å². The van der Waals surface area contributed by atoms with E-state index in [2.05, 4.69) is 49.2 Å². The topological polar surface area (TPSA) is 52.1 Å². The van der Waals surface area contributed by atoms with E-state index in [4.69, 9.17) is 13.8 Å². The van der Waals surface area contributed by atoms with Gasteiger partial charge in [-0.1, -0.05) is 44.2 Å². The molecule has 0 fully saturated rings. The lowest BCUT2D eigenvalue weighted by molar-refractivity contribution is 0.620. The molecule has 150 valence electrons. The van der Waals surface area contributed by atoms with Gasteiger partial charge in [0, 0.05) is 28.1 Å². The summed E-state index contributed by atoms with van der Waals surface area (Å²) in [5, 5.41) is 2.08. The van der Waals surface area contributed by atoms with Crippen LogP contribution < -0.4 is 0 Å². The zero-order valence-electron chi connectivity index (χ0n) is 17.3. The average Bonchev–Trinajstić information content (AvgIpc) is 3.41. The van der Waals surface area contributed by atoms with Gasteiger partial charge in [-0.3, -0.25) is 4.98 Å². The lowest BCUT2D eigenvalue weighted by Crippen LogP contribution is -1.90. The SMILES string of the molecule is CC(C)c1ccnc(-c2cccc3c2oc2c3ccc3oc(-c4ccccc4)nc32)c1. The molecule has 0 bridgehead atoms. The maximum absolute atomic E-state index is 6.44.